The van der Waals surface area contributed by atoms with E-state index in [1.54, 1.807) is 7.11 Å². The Hall–Kier alpha value is -0.340. The van der Waals surface area contributed by atoms with E-state index in [1.165, 1.54) is 0 Å². The number of methoxy groups -OCH3 is 1. The molecule has 0 saturated heterocycles. The predicted octanol–water partition coefficient (Wildman–Crippen LogP) is 1.35. The summed E-state index contributed by atoms with van der Waals surface area (Å²) in [5.74, 6) is 0. The van der Waals surface area contributed by atoms with Crippen molar-refractivity contribution in [1.29, 1.82) is 0 Å². The van der Waals surface area contributed by atoms with Crippen LogP contribution in [0.15, 0.2) is 12.2 Å². The molecule has 0 bridgehead atoms. The van der Waals surface area contributed by atoms with Crippen LogP contribution in [-0.4, -0.2) is 24.9 Å². The van der Waals surface area contributed by atoms with Gasteiger partial charge < -0.3 is 9.84 Å². The first-order chi connectivity index (χ1) is 4.66. The topological polar surface area (TPSA) is 29.5 Å². The zero-order valence-corrected chi connectivity index (χ0v) is 6.76. The fourth-order valence-electron chi connectivity index (χ4n) is 0.758. The maximum atomic E-state index is 9.21. The van der Waals surface area contributed by atoms with Crippen LogP contribution in [0.3, 0.4) is 0 Å². The van der Waals surface area contributed by atoms with Crippen LogP contribution in [0.4, 0.5) is 0 Å². The molecule has 0 radical (unpaired) electrons. The lowest BCUT2D eigenvalue weighted by Gasteiger charge is -2.08. The van der Waals surface area contributed by atoms with E-state index in [0.29, 0.717) is 19.4 Å². The Morgan fingerprint density at radius 2 is 2.30 bits per heavy atom. The van der Waals surface area contributed by atoms with Gasteiger partial charge in [-0.15, -0.1) is 6.58 Å². The van der Waals surface area contributed by atoms with Crippen molar-refractivity contribution in [3.63, 3.8) is 0 Å². The molecule has 60 valence electrons. The van der Waals surface area contributed by atoms with Gasteiger partial charge in [-0.05, 0) is 19.8 Å². The highest BCUT2D eigenvalue weighted by Gasteiger charge is 2.02. The maximum absolute atomic E-state index is 9.21. The zero-order chi connectivity index (χ0) is 7.98. The quantitative estimate of drug-likeness (QED) is 0.590. The van der Waals surface area contributed by atoms with Gasteiger partial charge in [-0.1, -0.05) is 5.57 Å². The fraction of sp³-hybridized carbons (Fsp3) is 0.750. The van der Waals surface area contributed by atoms with Gasteiger partial charge in [-0.25, -0.2) is 0 Å². The van der Waals surface area contributed by atoms with Crippen LogP contribution in [0.5, 0.6) is 0 Å². The molecule has 0 fully saturated rings. The molecule has 10 heavy (non-hydrogen) atoms. The van der Waals surface area contributed by atoms with Crippen molar-refractivity contribution in [3.05, 3.63) is 12.2 Å². The molecule has 0 spiro atoms. The Morgan fingerprint density at radius 3 is 2.70 bits per heavy atom. The Kier molecular flexibility index (Phi) is 5.26. The first-order valence-electron chi connectivity index (χ1n) is 3.48. The minimum atomic E-state index is -0.280. The highest BCUT2D eigenvalue weighted by molar-refractivity contribution is 4.90. The van der Waals surface area contributed by atoms with Gasteiger partial charge in [0.25, 0.3) is 0 Å². The molecule has 0 heterocycles. The van der Waals surface area contributed by atoms with Crippen molar-refractivity contribution >= 4 is 0 Å². The number of rotatable bonds is 5. The highest BCUT2D eigenvalue weighted by atomic mass is 16.5. The smallest absolute Gasteiger partial charge is 0.0599 e. The molecule has 0 aromatic heterocycles. The third-order valence-corrected chi connectivity index (χ3v) is 1.24. The van der Waals surface area contributed by atoms with E-state index in [4.69, 9.17) is 4.74 Å². The average Bonchev–Trinajstić information content (AvgIpc) is 1.82. The van der Waals surface area contributed by atoms with Gasteiger partial charge >= 0.3 is 0 Å². The van der Waals surface area contributed by atoms with Crippen molar-refractivity contribution in [2.75, 3.05) is 13.7 Å². The van der Waals surface area contributed by atoms with E-state index in [-0.39, 0.29) is 6.10 Å². The lowest BCUT2D eigenvalue weighted by Crippen LogP contribution is -2.09. The first-order valence-corrected chi connectivity index (χ1v) is 3.48. The van der Waals surface area contributed by atoms with Gasteiger partial charge in [0.05, 0.1) is 6.10 Å². The van der Waals surface area contributed by atoms with Gasteiger partial charge in [0, 0.05) is 13.7 Å². The largest absolute Gasteiger partial charge is 0.393 e. The number of aliphatic hydroxyl groups excluding tert-OH is 1. The Labute approximate surface area is 62.5 Å². The van der Waals surface area contributed by atoms with E-state index in [1.807, 2.05) is 6.92 Å². The van der Waals surface area contributed by atoms with Crippen molar-refractivity contribution in [3.8, 4) is 0 Å². The van der Waals surface area contributed by atoms with E-state index >= 15 is 0 Å². The second-order valence-corrected chi connectivity index (χ2v) is 2.60. The Balaban J connectivity index is 3.25. The predicted molar refractivity (Wildman–Crippen MR) is 41.9 cm³/mol. The first kappa shape index (κ1) is 9.66. The molecule has 0 aliphatic heterocycles. The number of hydrogen-bond acceptors (Lipinski definition) is 2. The SMILES string of the molecule is C=C(C)CC(O)CCOC. The summed E-state index contributed by atoms with van der Waals surface area (Å²) < 4.78 is 4.80. The van der Waals surface area contributed by atoms with Gasteiger partial charge in [0.15, 0.2) is 0 Å². The third-order valence-electron chi connectivity index (χ3n) is 1.24. The summed E-state index contributed by atoms with van der Waals surface area (Å²) in [5.41, 5.74) is 1.02. The monoisotopic (exact) mass is 144 g/mol. The summed E-state index contributed by atoms with van der Waals surface area (Å²) in [6.45, 7) is 6.23. The Bertz CT molecular complexity index is 99.4. The standard InChI is InChI=1S/C8H16O2/c1-7(2)6-8(9)4-5-10-3/h8-9H,1,4-6H2,2-3H3. The van der Waals surface area contributed by atoms with Crippen molar-refractivity contribution in [2.24, 2.45) is 0 Å². The summed E-state index contributed by atoms with van der Waals surface area (Å²) in [4.78, 5) is 0. The fourth-order valence-corrected chi connectivity index (χ4v) is 0.758. The maximum Gasteiger partial charge on any atom is 0.0599 e. The van der Waals surface area contributed by atoms with Crippen LogP contribution in [-0.2, 0) is 4.74 Å². The lowest BCUT2D eigenvalue weighted by molar-refractivity contribution is 0.110. The number of aliphatic hydroxyl groups is 1. The van der Waals surface area contributed by atoms with E-state index < -0.39 is 0 Å². The molecule has 0 aromatic carbocycles. The lowest BCUT2D eigenvalue weighted by atomic mass is 10.1. The van der Waals surface area contributed by atoms with E-state index in [9.17, 15) is 5.11 Å². The van der Waals surface area contributed by atoms with Crippen LogP contribution in [0.25, 0.3) is 0 Å². The minimum Gasteiger partial charge on any atom is -0.393 e. The van der Waals surface area contributed by atoms with E-state index in [2.05, 4.69) is 6.58 Å². The molecule has 1 atom stereocenters. The van der Waals surface area contributed by atoms with Gasteiger partial charge in [0.2, 0.25) is 0 Å². The molecule has 0 saturated carbocycles. The summed E-state index contributed by atoms with van der Waals surface area (Å²) >= 11 is 0. The van der Waals surface area contributed by atoms with Crippen LogP contribution in [0, 0.1) is 0 Å². The molecule has 0 aliphatic rings. The molecular formula is C8H16O2. The molecular weight excluding hydrogens is 128 g/mol. The number of hydrogen-bond donors (Lipinski definition) is 1. The van der Waals surface area contributed by atoms with Crippen molar-refractivity contribution < 1.29 is 9.84 Å². The van der Waals surface area contributed by atoms with Crippen molar-refractivity contribution in [2.45, 2.75) is 25.9 Å². The van der Waals surface area contributed by atoms with Gasteiger partial charge in [-0.2, -0.15) is 0 Å². The normalized spacial score (nSPS) is 13.1. The van der Waals surface area contributed by atoms with Crippen LogP contribution < -0.4 is 0 Å². The number of ether oxygens (including phenoxy) is 1. The molecule has 2 nitrogen and oxygen atoms in total. The molecule has 2 heteroatoms. The van der Waals surface area contributed by atoms with Crippen LogP contribution in [0.1, 0.15) is 19.8 Å². The molecule has 1 unspecified atom stereocenters. The summed E-state index contributed by atoms with van der Waals surface area (Å²) in [5, 5.41) is 9.21. The second-order valence-electron chi connectivity index (χ2n) is 2.60. The average molecular weight is 144 g/mol. The van der Waals surface area contributed by atoms with Gasteiger partial charge in [-0.3, -0.25) is 0 Å². The van der Waals surface area contributed by atoms with Crippen molar-refractivity contribution in [1.82, 2.24) is 0 Å². The zero-order valence-electron chi connectivity index (χ0n) is 6.76. The highest BCUT2D eigenvalue weighted by Crippen LogP contribution is 2.04. The third kappa shape index (κ3) is 5.79. The second kappa shape index (κ2) is 5.45. The summed E-state index contributed by atoms with van der Waals surface area (Å²) in [7, 11) is 1.63. The van der Waals surface area contributed by atoms with Gasteiger partial charge in [0.1, 0.15) is 0 Å². The van der Waals surface area contributed by atoms with Crippen LogP contribution >= 0.6 is 0 Å². The van der Waals surface area contributed by atoms with E-state index in [0.717, 1.165) is 5.57 Å². The molecule has 0 amide bonds. The summed E-state index contributed by atoms with van der Waals surface area (Å²) in [6, 6.07) is 0. The molecule has 0 aromatic rings. The molecule has 0 rings (SSSR count). The summed E-state index contributed by atoms with van der Waals surface area (Å²) in [6.07, 6.45) is 1.10. The molecule has 1 N–H and O–H groups in total. The van der Waals surface area contributed by atoms with Crippen LogP contribution in [0.2, 0.25) is 0 Å². The molecule has 0 aliphatic carbocycles. The minimum absolute atomic E-state index is 0.280. The Morgan fingerprint density at radius 1 is 1.70 bits per heavy atom.